The maximum Gasteiger partial charge on any atom is 0.224 e. The lowest BCUT2D eigenvalue weighted by Gasteiger charge is -2.34. The van der Waals surface area contributed by atoms with Crippen LogP contribution in [0.2, 0.25) is 0 Å². The first-order valence-electron chi connectivity index (χ1n) is 9.41. The molecule has 1 N–H and O–H groups in total. The van der Waals surface area contributed by atoms with Gasteiger partial charge in [-0.3, -0.25) is 9.69 Å². The Labute approximate surface area is 159 Å². The first kappa shape index (κ1) is 19.6. The van der Waals surface area contributed by atoms with E-state index in [1.807, 2.05) is 11.0 Å². The van der Waals surface area contributed by atoms with E-state index in [1.165, 1.54) is 12.1 Å². The summed E-state index contributed by atoms with van der Waals surface area (Å²) in [5.41, 5.74) is 0.933. The Balaban J connectivity index is 1.74. The fraction of sp³-hybridized carbons (Fsp3) is 0.476. The Morgan fingerprint density at radius 2 is 1.85 bits per heavy atom. The molecule has 0 bridgehead atoms. The fourth-order valence-electron chi connectivity index (χ4n) is 3.56. The number of aliphatic hydroxyl groups excluding tert-OH is 1. The molecule has 2 heterocycles. The summed E-state index contributed by atoms with van der Waals surface area (Å²) in [7, 11) is 0. The molecule has 1 fully saturated rings. The Bertz CT molecular complexity index is 757. The maximum absolute atomic E-state index is 13.2. The highest BCUT2D eigenvalue weighted by Crippen LogP contribution is 2.22. The summed E-state index contributed by atoms with van der Waals surface area (Å²) in [5, 5.41) is 9.16. The minimum Gasteiger partial charge on any atom is -0.462 e. The lowest BCUT2D eigenvalue weighted by molar-refractivity contribution is -0.134. The summed E-state index contributed by atoms with van der Waals surface area (Å²) in [6.45, 7) is 6.65. The van der Waals surface area contributed by atoms with Crippen LogP contribution in [0.25, 0.3) is 0 Å². The first-order valence-corrected chi connectivity index (χ1v) is 9.41. The number of amides is 1. The van der Waals surface area contributed by atoms with Gasteiger partial charge in [0.25, 0.3) is 0 Å². The van der Waals surface area contributed by atoms with Gasteiger partial charge >= 0.3 is 0 Å². The molecule has 1 aliphatic heterocycles. The molecule has 0 saturated carbocycles. The van der Waals surface area contributed by atoms with Crippen molar-refractivity contribution in [2.75, 3.05) is 13.1 Å². The molecule has 1 unspecified atom stereocenters. The van der Waals surface area contributed by atoms with Gasteiger partial charge in [0.2, 0.25) is 5.91 Å². The van der Waals surface area contributed by atoms with E-state index in [2.05, 4.69) is 18.7 Å². The predicted molar refractivity (Wildman–Crippen MR) is 100 cm³/mol. The molecule has 146 valence electrons. The molecular weight excluding hydrogens is 347 g/mol. The first-order chi connectivity index (χ1) is 13.0. The van der Waals surface area contributed by atoms with Crippen LogP contribution in [0.4, 0.5) is 4.39 Å². The topological polar surface area (TPSA) is 56.9 Å². The van der Waals surface area contributed by atoms with Crippen molar-refractivity contribution in [1.82, 2.24) is 9.80 Å². The summed E-state index contributed by atoms with van der Waals surface area (Å²) in [4.78, 5) is 17.0. The second-order valence-electron chi connectivity index (χ2n) is 7.47. The van der Waals surface area contributed by atoms with Crippen molar-refractivity contribution >= 4 is 5.91 Å². The van der Waals surface area contributed by atoms with Crippen LogP contribution in [0.1, 0.15) is 37.4 Å². The molecular formula is C21H27FN2O3. The summed E-state index contributed by atoms with van der Waals surface area (Å²) in [5.74, 6) is 1.49. The van der Waals surface area contributed by atoms with E-state index in [1.54, 1.807) is 18.2 Å². The van der Waals surface area contributed by atoms with Crippen molar-refractivity contribution in [3.05, 3.63) is 59.3 Å². The summed E-state index contributed by atoms with van der Waals surface area (Å²) in [6, 6.07) is 10.1. The second-order valence-corrected chi connectivity index (χ2v) is 7.47. The summed E-state index contributed by atoms with van der Waals surface area (Å²) in [6.07, 6.45) is 0.442. The van der Waals surface area contributed by atoms with E-state index in [9.17, 15) is 9.18 Å². The number of benzene rings is 1. The van der Waals surface area contributed by atoms with Crippen molar-refractivity contribution in [3.8, 4) is 0 Å². The normalized spacial score (nSPS) is 18.9. The lowest BCUT2D eigenvalue weighted by Crippen LogP contribution is -2.45. The molecule has 2 aromatic rings. The van der Waals surface area contributed by atoms with Crippen molar-refractivity contribution in [1.29, 1.82) is 0 Å². The van der Waals surface area contributed by atoms with Gasteiger partial charge in [-0.1, -0.05) is 26.0 Å². The molecule has 1 aliphatic rings. The molecule has 0 spiro atoms. The quantitative estimate of drug-likeness (QED) is 0.844. The monoisotopic (exact) mass is 374 g/mol. The number of hydrogen-bond donors (Lipinski definition) is 1. The number of furan rings is 1. The highest BCUT2D eigenvalue weighted by atomic mass is 19.1. The summed E-state index contributed by atoms with van der Waals surface area (Å²) < 4.78 is 18.8. The third-order valence-electron chi connectivity index (χ3n) is 5.10. The molecule has 1 amide bonds. The van der Waals surface area contributed by atoms with Crippen molar-refractivity contribution in [3.63, 3.8) is 0 Å². The third kappa shape index (κ3) is 4.96. The van der Waals surface area contributed by atoms with Crippen molar-refractivity contribution in [2.45, 2.75) is 46.0 Å². The number of hydrogen-bond acceptors (Lipinski definition) is 4. The van der Waals surface area contributed by atoms with Gasteiger partial charge in [0, 0.05) is 32.1 Å². The minimum absolute atomic E-state index is 0.0670. The van der Waals surface area contributed by atoms with Crippen LogP contribution in [0.15, 0.2) is 40.8 Å². The average molecular weight is 374 g/mol. The number of carbonyl (C=O) groups is 1. The molecule has 1 atom stereocenters. The van der Waals surface area contributed by atoms with Gasteiger partial charge < -0.3 is 14.4 Å². The molecule has 5 nitrogen and oxygen atoms in total. The van der Waals surface area contributed by atoms with Crippen LogP contribution in [0.5, 0.6) is 0 Å². The predicted octanol–water partition coefficient (Wildman–Crippen LogP) is 3.17. The Hall–Kier alpha value is -2.18. The Morgan fingerprint density at radius 1 is 1.15 bits per heavy atom. The zero-order valence-corrected chi connectivity index (χ0v) is 15.9. The zero-order valence-electron chi connectivity index (χ0n) is 15.9. The molecule has 3 rings (SSSR count). The van der Waals surface area contributed by atoms with E-state index >= 15 is 0 Å². The van der Waals surface area contributed by atoms with Gasteiger partial charge in [-0.2, -0.15) is 0 Å². The largest absolute Gasteiger partial charge is 0.462 e. The number of halogens is 1. The van der Waals surface area contributed by atoms with Crippen LogP contribution < -0.4 is 0 Å². The van der Waals surface area contributed by atoms with Gasteiger partial charge in [0.15, 0.2) is 0 Å². The maximum atomic E-state index is 13.2. The average Bonchev–Trinajstić information content (AvgIpc) is 3.04. The Kier molecular flexibility index (Phi) is 6.29. The third-order valence-corrected chi connectivity index (χ3v) is 5.10. The molecule has 1 aromatic carbocycles. The summed E-state index contributed by atoms with van der Waals surface area (Å²) >= 11 is 0. The van der Waals surface area contributed by atoms with Crippen LogP contribution >= 0.6 is 0 Å². The van der Waals surface area contributed by atoms with Gasteiger partial charge in [0.05, 0.1) is 6.54 Å². The van der Waals surface area contributed by atoms with E-state index < -0.39 is 0 Å². The Morgan fingerprint density at radius 3 is 2.48 bits per heavy atom. The van der Waals surface area contributed by atoms with Gasteiger partial charge in [0.1, 0.15) is 23.9 Å². The molecule has 0 aliphatic carbocycles. The number of aliphatic hydroxyl groups is 1. The second kappa shape index (κ2) is 8.67. The van der Waals surface area contributed by atoms with Crippen LogP contribution in [0, 0.1) is 11.7 Å². The highest BCUT2D eigenvalue weighted by molar-refractivity contribution is 5.77. The fourth-order valence-corrected chi connectivity index (χ4v) is 3.56. The molecule has 1 aromatic heterocycles. The molecule has 1 saturated heterocycles. The standard InChI is InChI=1S/C21H27FN2O3/c1-15(2)20-13-23(12-18-7-8-19(14-25)27-18)10-9-21(26)24(20)11-16-3-5-17(22)6-4-16/h3-8,15,20,25H,9-14H2,1-2H3. The molecule has 27 heavy (non-hydrogen) atoms. The van der Waals surface area contributed by atoms with Gasteiger partial charge in [-0.15, -0.1) is 0 Å². The lowest BCUT2D eigenvalue weighted by atomic mass is 10.0. The highest BCUT2D eigenvalue weighted by Gasteiger charge is 2.32. The zero-order chi connectivity index (χ0) is 19.4. The van der Waals surface area contributed by atoms with Crippen LogP contribution in [-0.4, -0.2) is 39.9 Å². The smallest absolute Gasteiger partial charge is 0.224 e. The van der Waals surface area contributed by atoms with E-state index in [0.717, 1.165) is 17.9 Å². The van der Waals surface area contributed by atoms with Crippen LogP contribution in [0.3, 0.4) is 0 Å². The SMILES string of the molecule is CC(C)C1CN(Cc2ccc(CO)o2)CCC(=O)N1Cc1ccc(F)cc1. The van der Waals surface area contributed by atoms with Gasteiger partial charge in [-0.25, -0.2) is 4.39 Å². The molecule has 0 radical (unpaired) electrons. The van der Waals surface area contributed by atoms with Crippen molar-refractivity contribution < 1.29 is 18.7 Å². The van der Waals surface area contributed by atoms with Crippen LogP contribution in [-0.2, 0) is 24.5 Å². The molecule has 6 heteroatoms. The number of carbonyl (C=O) groups excluding carboxylic acids is 1. The van der Waals surface area contributed by atoms with Gasteiger partial charge in [-0.05, 0) is 35.7 Å². The van der Waals surface area contributed by atoms with E-state index in [-0.39, 0.29) is 24.4 Å². The number of nitrogens with zero attached hydrogens (tertiary/aromatic N) is 2. The minimum atomic E-state index is -0.270. The van der Waals surface area contributed by atoms with E-state index in [0.29, 0.717) is 37.7 Å². The number of rotatable bonds is 6. The van der Waals surface area contributed by atoms with E-state index in [4.69, 9.17) is 9.52 Å². The van der Waals surface area contributed by atoms with Crippen molar-refractivity contribution in [2.24, 2.45) is 5.92 Å².